The van der Waals surface area contributed by atoms with Gasteiger partial charge in [-0.2, -0.15) is 0 Å². The summed E-state index contributed by atoms with van der Waals surface area (Å²) in [5, 5.41) is 3.00. The number of hydrogen-bond donors (Lipinski definition) is 1. The summed E-state index contributed by atoms with van der Waals surface area (Å²) in [7, 11) is -3.22. The van der Waals surface area contributed by atoms with Gasteiger partial charge in [-0.3, -0.25) is 4.79 Å². The van der Waals surface area contributed by atoms with E-state index in [-0.39, 0.29) is 24.4 Å². The smallest absolute Gasteiger partial charge is 0.224 e. The van der Waals surface area contributed by atoms with Crippen molar-refractivity contribution >= 4 is 15.9 Å². The molecule has 6 heteroatoms. The van der Waals surface area contributed by atoms with E-state index in [0.29, 0.717) is 6.54 Å². The average Bonchev–Trinajstić information content (AvgIpc) is 2.47. The Morgan fingerprint density at radius 3 is 2.55 bits per heavy atom. The molecule has 0 radical (unpaired) electrons. The molecule has 2 atom stereocenters. The molecule has 1 fully saturated rings. The third-order valence-corrected chi connectivity index (χ3v) is 5.43. The molecule has 1 saturated heterocycles. The largest absolute Gasteiger partial charge is 0.349 e. The lowest BCUT2D eigenvalue weighted by atomic mass is 9.97. The molecule has 5 nitrogen and oxygen atoms in total. The van der Waals surface area contributed by atoms with Crippen LogP contribution in [0.2, 0.25) is 0 Å². The Hall–Kier alpha value is -1.40. The zero-order chi connectivity index (χ0) is 16.3. The summed E-state index contributed by atoms with van der Waals surface area (Å²) in [6.45, 7) is 4.76. The Labute approximate surface area is 132 Å². The van der Waals surface area contributed by atoms with Crippen LogP contribution in [0.15, 0.2) is 24.3 Å². The number of hydrogen-bond acceptors (Lipinski definition) is 3. The van der Waals surface area contributed by atoms with Crippen molar-refractivity contribution in [3.63, 3.8) is 0 Å². The van der Waals surface area contributed by atoms with Crippen LogP contribution in [-0.2, 0) is 14.8 Å². The minimum Gasteiger partial charge on any atom is -0.349 e. The van der Waals surface area contributed by atoms with Crippen LogP contribution in [0.1, 0.15) is 36.9 Å². The molecule has 1 aromatic rings. The summed E-state index contributed by atoms with van der Waals surface area (Å²) < 4.78 is 24.6. The van der Waals surface area contributed by atoms with Gasteiger partial charge in [-0.05, 0) is 32.3 Å². The van der Waals surface area contributed by atoms with Gasteiger partial charge in [0.25, 0.3) is 0 Å². The third-order valence-electron chi connectivity index (χ3n) is 4.16. The first-order valence-electron chi connectivity index (χ1n) is 7.59. The van der Waals surface area contributed by atoms with Crippen molar-refractivity contribution in [1.82, 2.24) is 9.62 Å². The predicted molar refractivity (Wildman–Crippen MR) is 86.9 cm³/mol. The number of piperidine rings is 1. The number of nitrogens with one attached hydrogen (secondary N) is 1. The van der Waals surface area contributed by atoms with Crippen molar-refractivity contribution in [2.45, 2.75) is 32.7 Å². The quantitative estimate of drug-likeness (QED) is 0.919. The van der Waals surface area contributed by atoms with Gasteiger partial charge in [0.15, 0.2) is 0 Å². The molecular formula is C16H24N2O3S. The molecule has 2 rings (SSSR count). The third kappa shape index (κ3) is 4.30. The first-order chi connectivity index (χ1) is 10.3. The first kappa shape index (κ1) is 17.0. The minimum absolute atomic E-state index is 0.0681. The summed E-state index contributed by atoms with van der Waals surface area (Å²) in [5.41, 5.74) is 2.23. The van der Waals surface area contributed by atoms with Crippen molar-refractivity contribution in [3.8, 4) is 0 Å². The fourth-order valence-corrected chi connectivity index (χ4v) is 3.64. The number of benzene rings is 1. The number of carbonyl (C=O) groups is 1. The lowest BCUT2D eigenvalue weighted by Gasteiger charge is -2.30. The van der Waals surface area contributed by atoms with E-state index in [4.69, 9.17) is 0 Å². The van der Waals surface area contributed by atoms with E-state index in [2.05, 4.69) is 5.32 Å². The second-order valence-electron chi connectivity index (χ2n) is 6.10. The Kier molecular flexibility index (Phi) is 5.24. The lowest BCUT2D eigenvalue weighted by molar-refractivity contribution is -0.126. The van der Waals surface area contributed by atoms with Gasteiger partial charge in [0.2, 0.25) is 15.9 Å². The van der Waals surface area contributed by atoms with Gasteiger partial charge in [-0.15, -0.1) is 0 Å². The summed E-state index contributed by atoms with van der Waals surface area (Å²) >= 11 is 0. The second-order valence-corrected chi connectivity index (χ2v) is 8.08. The molecule has 2 unspecified atom stereocenters. The molecule has 0 bridgehead atoms. The number of nitrogens with zero attached hydrogens (tertiary/aromatic N) is 1. The molecule has 1 aromatic carbocycles. The molecule has 22 heavy (non-hydrogen) atoms. The van der Waals surface area contributed by atoms with E-state index < -0.39 is 10.0 Å². The van der Waals surface area contributed by atoms with Crippen LogP contribution in [0.5, 0.6) is 0 Å². The van der Waals surface area contributed by atoms with Crippen LogP contribution >= 0.6 is 0 Å². The van der Waals surface area contributed by atoms with Crippen molar-refractivity contribution in [2.75, 3.05) is 19.3 Å². The number of sulfonamides is 1. The van der Waals surface area contributed by atoms with Gasteiger partial charge in [-0.25, -0.2) is 12.7 Å². The van der Waals surface area contributed by atoms with Gasteiger partial charge in [0.05, 0.1) is 18.2 Å². The topological polar surface area (TPSA) is 66.5 Å². The first-order valence-corrected chi connectivity index (χ1v) is 9.44. The van der Waals surface area contributed by atoms with Gasteiger partial charge in [0.1, 0.15) is 0 Å². The maximum Gasteiger partial charge on any atom is 0.224 e. The van der Waals surface area contributed by atoms with Crippen molar-refractivity contribution in [3.05, 3.63) is 35.4 Å². The molecule has 0 saturated carbocycles. The van der Waals surface area contributed by atoms with Crippen molar-refractivity contribution in [2.24, 2.45) is 5.92 Å². The molecule has 1 amide bonds. The summed E-state index contributed by atoms with van der Waals surface area (Å²) in [4.78, 5) is 12.4. The van der Waals surface area contributed by atoms with Gasteiger partial charge >= 0.3 is 0 Å². The van der Waals surface area contributed by atoms with E-state index in [9.17, 15) is 13.2 Å². The fraction of sp³-hybridized carbons (Fsp3) is 0.562. The average molecular weight is 324 g/mol. The van der Waals surface area contributed by atoms with E-state index in [1.165, 1.54) is 16.1 Å². The molecule has 0 aromatic heterocycles. The molecule has 0 spiro atoms. The van der Waals surface area contributed by atoms with Crippen molar-refractivity contribution < 1.29 is 13.2 Å². The van der Waals surface area contributed by atoms with Crippen LogP contribution in [0.3, 0.4) is 0 Å². The van der Waals surface area contributed by atoms with Crippen molar-refractivity contribution in [1.29, 1.82) is 0 Å². The summed E-state index contributed by atoms with van der Waals surface area (Å²) in [6.07, 6.45) is 2.66. The SMILES string of the molecule is Cc1ccc(C(C)NC(=O)C2CCCN(S(C)(=O)=O)C2)cc1. The molecule has 122 valence electrons. The number of carbonyl (C=O) groups excluding carboxylic acids is 1. The van der Waals surface area contributed by atoms with E-state index >= 15 is 0 Å². The van der Waals surface area contributed by atoms with Gasteiger partial charge in [-0.1, -0.05) is 29.8 Å². The zero-order valence-corrected chi connectivity index (χ0v) is 14.2. The van der Waals surface area contributed by atoms with E-state index in [1.54, 1.807) is 0 Å². The van der Waals surface area contributed by atoms with Crippen LogP contribution in [-0.4, -0.2) is 38.0 Å². The molecule has 1 aliphatic rings. The normalized spacial score (nSPS) is 21.3. The molecule has 1 N–H and O–H groups in total. The molecule has 0 aliphatic carbocycles. The van der Waals surface area contributed by atoms with E-state index in [0.717, 1.165) is 18.4 Å². The van der Waals surface area contributed by atoms with Crippen LogP contribution < -0.4 is 5.32 Å². The number of aryl methyl sites for hydroxylation is 1. The fourth-order valence-electron chi connectivity index (χ4n) is 2.73. The Morgan fingerprint density at radius 1 is 1.32 bits per heavy atom. The Bertz CT molecular complexity index is 625. The Morgan fingerprint density at radius 2 is 1.95 bits per heavy atom. The summed E-state index contributed by atoms with van der Waals surface area (Å²) in [6, 6.07) is 7.96. The highest BCUT2D eigenvalue weighted by atomic mass is 32.2. The minimum atomic E-state index is -3.22. The summed E-state index contributed by atoms with van der Waals surface area (Å²) in [5.74, 6) is -0.335. The highest BCUT2D eigenvalue weighted by Crippen LogP contribution is 2.20. The molecular weight excluding hydrogens is 300 g/mol. The monoisotopic (exact) mass is 324 g/mol. The standard InChI is InChI=1S/C16H24N2O3S/c1-12-6-8-14(9-7-12)13(2)17-16(19)15-5-4-10-18(11-15)22(3,20)21/h6-9,13,15H,4-5,10-11H2,1-3H3,(H,17,19). The number of amides is 1. The van der Waals surface area contributed by atoms with Gasteiger partial charge in [0, 0.05) is 13.1 Å². The Balaban J connectivity index is 1.98. The lowest BCUT2D eigenvalue weighted by Crippen LogP contribution is -2.45. The highest BCUT2D eigenvalue weighted by Gasteiger charge is 2.30. The van der Waals surface area contributed by atoms with Crippen LogP contribution in [0.25, 0.3) is 0 Å². The maximum absolute atomic E-state index is 12.4. The van der Waals surface area contributed by atoms with Gasteiger partial charge < -0.3 is 5.32 Å². The second kappa shape index (κ2) is 6.79. The molecule has 1 aliphatic heterocycles. The predicted octanol–water partition coefficient (Wildman–Crippen LogP) is 1.84. The number of rotatable bonds is 4. The zero-order valence-electron chi connectivity index (χ0n) is 13.4. The maximum atomic E-state index is 12.4. The van der Waals surface area contributed by atoms with E-state index in [1.807, 2.05) is 38.1 Å². The molecule has 1 heterocycles. The van der Waals surface area contributed by atoms with Crippen LogP contribution in [0.4, 0.5) is 0 Å². The highest BCUT2D eigenvalue weighted by molar-refractivity contribution is 7.88. The van der Waals surface area contributed by atoms with Crippen LogP contribution in [0, 0.1) is 12.8 Å².